The Kier molecular flexibility index (Phi) is 4.93. The zero-order valence-corrected chi connectivity index (χ0v) is 12.8. The number of hydrogen-bond donors (Lipinski definition) is 1. The molecule has 1 aromatic carbocycles. The number of carbonyl (C=O) groups excluding carboxylic acids is 2. The summed E-state index contributed by atoms with van der Waals surface area (Å²) in [5.41, 5.74) is 0.551. The number of benzene rings is 1. The maximum atomic E-state index is 11.8. The Balaban J connectivity index is 2.80. The monoisotopic (exact) mass is 277 g/mol. The Bertz CT molecular complexity index is 491. The lowest BCUT2D eigenvalue weighted by Gasteiger charge is -2.28. The molecular weight excluding hydrogens is 254 g/mol. The lowest BCUT2D eigenvalue weighted by Crippen LogP contribution is -2.50. The molecule has 1 atom stereocenters. The third kappa shape index (κ3) is 5.03. The van der Waals surface area contributed by atoms with E-state index in [1.807, 2.05) is 31.2 Å². The number of hydrogen-bond acceptors (Lipinski definition) is 3. The summed E-state index contributed by atoms with van der Waals surface area (Å²) >= 11 is 0. The quantitative estimate of drug-likeness (QED) is 0.861. The smallest absolute Gasteiger partial charge is 0.408 e. The van der Waals surface area contributed by atoms with Gasteiger partial charge in [0.2, 0.25) is 0 Å². The molecule has 1 amide bonds. The highest BCUT2D eigenvalue weighted by Crippen LogP contribution is 2.16. The van der Waals surface area contributed by atoms with E-state index in [2.05, 4.69) is 5.32 Å². The standard InChI is InChI=1S/C16H23NO3/c1-12-8-6-7-9-13(12)10-16(5,11-18)17-14(19)20-15(2,3)4/h6-9,11H,10H2,1-5H3,(H,17,19). The summed E-state index contributed by atoms with van der Waals surface area (Å²) in [4.78, 5) is 23.2. The predicted molar refractivity (Wildman–Crippen MR) is 78.7 cm³/mol. The van der Waals surface area contributed by atoms with Gasteiger partial charge in [0, 0.05) is 6.42 Å². The second kappa shape index (κ2) is 6.07. The van der Waals surface area contributed by atoms with Gasteiger partial charge in [-0.2, -0.15) is 0 Å². The van der Waals surface area contributed by atoms with Crippen molar-refractivity contribution in [2.45, 2.75) is 52.2 Å². The van der Waals surface area contributed by atoms with Gasteiger partial charge in [0.1, 0.15) is 11.9 Å². The first-order valence-electron chi connectivity index (χ1n) is 6.67. The lowest BCUT2D eigenvalue weighted by atomic mass is 9.92. The third-order valence-corrected chi connectivity index (χ3v) is 2.87. The van der Waals surface area contributed by atoms with Crippen LogP contribution in [0.3, 0.4) is 0 Å². The van der Waals surface area contributed by atoms with E-state index in [4.69, 9.17) is 4.74 Å². The summed E-state index contributed by atoms with van der Waals surface area (Å²) in [5.74, 6) is 0. The van der Waals surface area contributed by atoms with Crippen LogP contribution in [0.2, 0.25) is 0 Å². The Labute approximate surface area is 120 Å². The highest BCUT2D eigenvalue weighted by Gasteiger charge is 2.29. The molecule has 4 nitrogen and oxygen atoms in total. The van der Waals surface area contributed by atoms with Crippen molar-refractivity contribution < 1.29 is 14.3 Å². The first-order valence-corrected chi connectivity index (χ1v) is 6.67. The minimum absolute atomic E-state index is 0.433. The minimum Gasteiger partial charge on any atom is -0.444 e. The van der Waals surface area contributed by atoms with Crippen LogP contribution in [-0.4, -0.2) is 23.5 Å². The Hall–Kier alpha value is -1.84. The van der Waals surface area contributed by atoms with Crippen molar-refractivity contribution in [3.63, 3.8) is 0 Å². The van der Waals surface area contributed by atoms with Crippen LogP contribution in [0.5, 0.6) is 0 Å². The van der Waals surface area contributed by atoms with Crippen LogP contribution in [0.15, 0.2) is 24.3 Å². The highest BCUT2D eigenvalue weighted by molar-refractivity contribution is 5.76. The molecule has 1 unspecified atom stereocenters. The molecule has 4 heteroatoms. The molecule has 1 N–H and O–H groups in total. The van der Waals surface area contributed by atoms with E-state index < -0.39 is 17.2 Å². The van der Waals surface area contributed by atoms with E-state index in [0.29, 0.717) is 6.42 Å². The van der Waals surface area contributed by atoms with E-state index in [0.717, 1.165) is 17.4 Å². The maximum absolute atomic E-state index is 11.8. The fourth-order valence-electron chi connectivity index (χ4n) is 1.86. The summed E-state index contributed by atoms with van der Waals surface area (Å²) in [6, 6.07) is 7.79. The third-order valence-electron chi connectivity index (χ3n) is 2.87. The van der Waals surface area contributed by atoms with Crippen molar-refractivity contribution in [2.24, 2.45) is 0 Å². The normalized spacial score (nSPS) is 14.2. The van der Waals surface area contributed by atoms with Crippen molar-refractivity contribution in [1.29, 1.82) is 0 Å². The summed E-state index contributed by atoms with van der Waals surface area (Å²) in [6.07, 6.45) is 0.604. The molecule has 20 heavy (non-hydrogen) atoms. The molecule has 0 aromatic heterocycles. The fraction of sp³-hybridized carbons (Fsp3) is 0.500. The van der Waals surface area contributed by atoms with E-state index in [1.54, 1.807) is 27.7 Å². The van der Waals surface area contributed by atoms with Gasteiger partial charge in [-0.1, -0.05) is 24.3 Å². The van der Waals surface area contributed by atoms with E-state index >= 15 is 0 Å². The van der Waals surface area contributed by atoms with Gasteiger partial charge in [-0.25, -0.2) is 4.79 Å². The van der Waals surface area contributed by atoms with E-state index in [-0.39, 0.29) is 0 Å². The first kappa shape index (κ1) is 16.2. The van der Waals surface area contributed by atoms with Gasteiger partial charge in [-0.3, -0.25) is 0 Å². The average molecular weight is 277 g/mol. The van der Waals surface area contributed by atoms with Gasteiger partial charge in [-0.15, -0.1) is 0 Å². The number of carbonyl (C=O) groups is 2. The molecule has 0 aliphatic heterocycles. The summed E-state index contributed by atoms with van der Waals surface area (Å²) in [6.45, 7) is 9.02. The zero-order chi connectivity index (χ0) is 15.4. The fourth-order valence-corrected chi connectivity index (χ4v) is 1.86. The van der Waals surface area contributed by atoms with E-state index in [9.17, 15) is 9.59 Å². The maximum Gasteiger partial charge on any atom is 0.408 e. The van der Waals surface area contributed by atoms with Crippen LogP contribution >= 0.6 is 0 Å². The number of rotatable bonds is 4. The summed E-state index contributed by atoms with van der Waals surface area (Å²) < 4.78 is 5.19. The molecule has 0 bridgehead atoms. The first-order chi connectivity index (χ1) is 9.15. The average Bonchev–Trinajstić information content (AvgIpc) is 2.29. The zero-order valence-electron chi connectivity index (χ0n) is 12.8. The van der Waals surface area contributed by atoms with Gasteiger partial charge >= 0.3 is 6.09 Å². The molecule has 0 heterocycles. The topological polar surface area (TPSA) is 55.4 Å². The van der Waals surface area contributed by atoms with Crippen molar-refractivity contribution in [3.05, 3.63) is 35.4 Å². The number of nitrogens with one attached hydrogen (secondary N) is 1. The number of alkyl carbamates (subject to hydrolysis) is 1. The Morgan fingerprint density at radius 3 is 2.35 bits per heavy atom. The van der Waals surface area contributed by atoms with Crippen LogP contribution in [0.4, 0.5) is 4.79 Å². The molecular formula is C16H23NO3. The predicted octanol–water partition coefficient (Wildman–Crippen LogP) is 3.02. The van der Waals surface area contributed by atoms with Crippen molar-refractivity contribution in [3.8, 4) is 0 Å². The SMILES string of the molecule is Cc1ccccc1CC(C)(C=O)NC(=O)OC(C)(C)C. The molecule has 0 saturated carbocycles. The molecule has 110 valence electrons. The molecule has 0 saturated heterocycles. The molecule has 1 aromatic rings. The highest BCUT2D eigenvalue weighted by atomic mass is 16.6. The Morgan fingerprint density at radius 1 is 1.25 bits per heavy atom. The van der Waals surface area contributed by atoms with Crippen molar-refractivity contribution in [1.82, 2.24) is 5.32 Å². The van der Waals surface area contributed by atoms with Gasteiger partial charge in [-0.05, 0) is 45.7 Å². The largest absolute Gasteiger partial charge is 0.444 e. The molecule has 0 aliphatic rings. The van der Waals surface area contributed by atoms with Crippen molar-refractivity contribution >= 4 is 12.4 Å². The lowest BCUT2D eigenvalue weighted by molar-refractivity contribution is -0.112. The van der Waals surface area contributed by atoms with Gasteiger partial charge in [0.25, 0.3) is 0 Å². The second-order valence-corrected chi connectivity index (χ2v) is 6.27. The molecule has 0 spiro atoms. The molecule has 0 fully saturated rings. The summed E-state index contributed by atoms with van der Waals surface area (Å²) in [5, 5.41) is 2.65. The molecule has 0 radical (unpaired) electrons. The van der Waals surface area contributed by atoms with Crippen molar-refractivity contribution in [2.75, 3.05) is 0 Å². The Morgan fingerprint density at radius 2 is 1.85 bits per heavy atom. The van der Waals surface area contributed by atoms with Crippen LogP contribution < -0.4 is 5.32 Å². The minimum atomic E-state index is -0.978. The molecule has 1 rings (SSSR count). The van der Waals surface area contributed by atoms with Gasteiger partial charge in [0.15, 0.2) is 0 Å². The second-order valence-electron chi connectivity index (χ2n) is 6.27. The number of aryl methyl sites for hydroxylation is 1. The molecule has 0 aliphatic carbocycles. The van der Waals surface area contributed by atoms with Gasteiger partial charge < -0.3 is 14.8 Å². The van der Waals surface area contributed by atoms with Crippen LogP contribution in [0.25, 0.3) is 0 Å². The van der Waals surface area contributed by atoms with Gasteiger partial charge in [0.05, 0.1) is 5.54 Å². The summed E-state index contributed by atoms with van der Waals surface area (Å²) in [7, 11) is 0. The number of aldehydes is 1. The van der Waals surface area contributed by atoms with Crippen LogP contribution in [0, 0.1) is 6.92 Å². The van der Waals surface area contributed by atoms with Crippen LogP contribution in [0.1, 0.15) is 38.8 Å². The van der Waals surface area contributed by atoms with E-state index in [1.165, 1.54) is 0 Å². The van der Waals surface area contributed by atoms with Crippen LogP contribution in [-0.2, 0) is 16.0 Å². The number of ether oxygens (including phenoxy) is 1. The number of amides is 1.